The smallest absolute Gasteiger partial charge is 0.221 e. The van der Waals surface area contributed by atoms with Crippen molar-refractivity contribution in [3.8, 4) is 17.3 Å². The van der Waals surface area contributed by atoms with E-state index in [1.807, 2.05) is 19.1 Å². The average molecular weight is 236 g/mol. The quantitative estimate of drug-likeness (QED) is 0.751. The van der Waals surface area contributed by atoms with Crippen molar-refractivity contribution in [2.24, 2.45) is 0 Å². The first-order valence-corrected chi connectivity index (χ1v) is 5.08. The summed E-state index contributed by atoms with van der Waals surface area (Å²) in [7, 11) is 1.56. The Morgan fingerprint density at radius 3 is 2.50 bits per heavy atom. The molecule has 0 saturated carbocycles. The lowest BCUT2D eigenvalue weighted by Gasteiger charge is -2.07. The van der Waals surface area contributed by atoms with Crippen LogP contribution in [-0.4, -0.2) is 22.1 Å². The van der Waals surface area contributed by atoms with Crippen LogP contribution in [0.25, 0.3) is 11.4 Å². The molecule has 0 radical (unpaired) electrons. The van der Waals surface area contributed by atoms with E-state index in [9.17, 15) is 0 Å². The predicted molar refractivity (Wildman–Crippen MR) is 61.6 cm³/mol. The van der Waals surface area contributed by atoms with Crippen LogP contribution < -0.4 is 4.74 Å². The van der Waals surface area contributed by atoms with E-state index in [-0.39, 0.29) is 0 Å². The van der Waals surface area contributed by atoms with E-state index in [0.717, 1.165) is 11.1 Å². The van der Waals surface area contributed by atoms with Gasteiger partial charge < -0.3 is 4.74 Å². The summed E-state index contributed by atoms with van der Waals surface area (Å²) in [5, 5.41) is 0.402. The number of ether oxygens (including phenoxy) is 1. The molecule has 0 spiro atoms. The zero-order chi connectivity index (χ0) is 11.5. The first kappa shape index (κ1) is 10.8. The van der Waals surface area contributed by atoms with Gasteiger partial charge in [0, 0.05) is 23.5 Å². The van der Waals surface area contributed by atoms with Crippen LogP contribution in [0.2, 0.25) is 5.15 Å². The maximum absolute atomic E-state index is 6.00. The number of rotatable bonds is 2. The van der Waals surface area contributed by atoms with Crippen LogP contribution in [0.4, 0.5) is 0 Å². The largest absolute Gasteiger partial charge is 0.481 e. The molecule has 2 rings (SSSR count). The van der Waals surface area contributed by atoms with Crippen molar-refractivity contribution in [3.63, 3.8) is 0 Å². The molecule has 0 bridgehead atoms. The molecule has 82 valence electrons. The SMILES string of the molecule is COc1nc(-c2ccncc2)nc(Cl)c1C. The third-order valence-corrected chi connectivity index (χ3v) is 2.54. The Bertz CT molecular complexity index is 502. The zero-order valence-electron chi connectivity index (χ0n) is 8.94. The van der Waals surface area contributed by atoms with Crippen molar-refractivity contribution < 1.29 is 4.74 Å². The van der Waals surface area contributed by atoms with Crippen LogP contribution in [0.3, 0.4) is 0 Å². The molecule has 0 aliphatic heterocycles. The van der Waals surface area contributed by atoms with Gasteiger partial charge in [-0.05, 0) is 19.1 Å². The number of aromatic nitrogens is 3. The number of hydrogen-bond acceptors (Lipinski definition) is 4. The Morgan fingerprint density at radius 1 is 1.19 bits per heavy atom. The van der Waals surface area contributed by atoms with Crippen molar-refractivity contribution >= 4 is 11.6 Å². The third kappa shape index (κ3) is 1.97. The number of nitrogens with zero attached hydrogens (tertiary/aromatic N) is 3. The van der Waals surface area contributed by atoms with Gasteiger partial charge in [-0.25, -0.2) is 4.98 Å². The van der Waals surface area contributed by atoms with Gasteiger partial charge in [0.25, 0.3) is 0 Å². The van der Waals surface area contributed by atoms with Crippen molar-refractivity contribution in [1.82, 2.24) is 15.0 Å². The monoisotopic (exact) mass is 235 g/mol. The molecule has 0 aromatic carbocycles. The second kappa shape index (κ2) is 4.45. The van der Waals surface area contributed by atoms with Gasteiger partial charge in [0.05, 0.1) is 7.11 Å². The fourth-order valence-electron chi connectivity index (χ4n) is 1.30. The molecule has 2 aromatic rings. The van der Waals surface area contributed by atoms with Crippen molar-refractivity contribution in [2.45, 2.75) is 6.92 Å². The Kier molecular flexibility index (Phi) is 3.01. The van der Waals surface area contributed by atoms with Gasteiger partial charge in [-0.3, -0.25) is 4.98 Å². The third-order valence-electron chi connectivity index (χ3n) is 2.17. The Balaban J connectivity index is 2.55. The van der Waals surface area contributed by atoms with E-state index >= 15 is 0 Å². The molecular formula is C11H10ClN3O. The van der Waals surface area contributed by atoms with Gasteiger partial charge in [0.2, 0.25) is 5.88 Å². The van der Waals surface area contributed by atoms with E-state index in [0.29, 0.717) is 16.9 Å². The Morgan fingerprint density at radius 2 is 1.88 bits per heavy atom. The van der Waals surface area contributed by atoms with Crippen LogP contribution >= 0.6 is 11.6 Å². The molecule has 4 nitrogen and oxygen atoms in total. The highest BCUT2D eigenvalue weighted by Gasteiger charge is 2.10. The predicted octanol–water partition coefficient (Wildman–Crippen LogP) is 2.51. The fourth-order valence-corrected chi connectivity index (χ4v) is 1.46. The summed E-state index contributed by atoms with van der Waals surface area (Å²) >= 11 is 6.00. The van der Waals surface area contributed by atoms with Crippen LogP contribution in [0.5, 0.6) is 5.88 Å². The van der Waals surface area contributed by atoms with Crippen LogP contribution in [-0.2, 0) is 0 Å². The topological polar surface area (TPSA) is 47.9 Å². The minimum Gasteiger partial charge on any atom is -0.481 e. The lowest BCUT2D eigenvalue weighted by molar-refractivity contribution is 0.394. The minimum atomic E-state index is 0.402. The Hall–Kier alpha value is -1.68. The average Bonchev–Trinajstić information content (AvgIpc) is 2.33. The highest BCUT2D eigenvalue weighted by Crippen LogP contribution is 2.25. The highest BCUT2D eigenvalue weighted by molar-refractivity contribution is 6.30. The number of pyridine rings is 1. The van der Waals surface area contributed by atoms with Gasteiger partial charge in [-0.1, -0.05) is 11.6 Å². The molecular weight excluding hydrogens is 226 g/mol. The van der Waals surface area contributed by atoms with Crippen LogP contribution in [0.1, 0.15) is 5.56 Å². The van der Waals surface area contributed by atoms with E-state index in [2.05, 4.69) is 15.0 Å². The molecule has 0 amide bonds. The van der Waals surface area contributed by atoms with Gasteiger partial charge in [0.1, 0.15) is 5.15 Å². The molecule has 0 fully saturated rings. The molecule has 0 N–H and O–H groups in total. The highest BCUT2D eigenvalue weighted by atomic mass is 35.5. The summed E-state index contributed by atoms with van der Waals surface area (Å²) in [6.45, 7) is 1.82. The lowest BCUT2D eigenvalue weighted by Crippen LogP contribution is -1.98. The molecule has 16 heavy (non-hydrogen) atoms. The zero-order valence-corrected chi connectivity index (χ0v) is 9.69. The summed E-state index contributed by atoms with van der Waals surface area (Å²) in [5.41, 5.74) is 1.59. The van der Waals surface area contributed by atoms with E-state index < -0.39 is 0 Å². The van der Waals surface area contributed by atoms with Crippen LogP contribution in [0, 0.1) is 6.92 Å². The van der Waals surface area contributed by atoms with Gasteiger partial charge >= 0.3 is 0 Å². The normalized spacial score (nSPS) is 10.2. The molecule has 2 aromatic heterocycles. The first-order chi connectivity index (χ1) is 7.72. The fraction of sp³-hybridized carbons (Fsp3) is 0.182. The number of hydrogen-bond donors (Lipinski definition) is 0. The van der Waals surface area contributed by atoms with Crippen molar-refractivity contribution in [3.05, 3.63) is 35.2 Å². The minimum absolute atomic E-state index is 0.402. The van der Waals surface area contributed by atoms with Crippen molar-refractivity contribution in [1.29, 1.82) is 0 Å². The molecule has 0 unspecified atom stereocenters. The lowest BCUT2D eigenvalue weighted by atomic mass is 10.2. The number of methoxy groups -OCH3 is 1. The van der Waals surface area contributed by atoms with Gasteiger partial charge in [0.15, 0.2) is 5.82 Å². The van der Waals surface area contributed by atoms with Crippen LogP contribution in [0.15, 0.2) is 24.5 Å². The molecule has 2 heterocycles. The first-order valence-electron chi connectivity index (χ1n) is 4.71. The maximum Gasteiger partial charge on any atom is 0.221 e. The van der Waals surface area contributed by atoms with E-state index in [1.54, 1.807) is 19.5 Å². The summed E-state index contributed by atoms with van der Waals surface area (Å²) in [4.78, 5) is 12.4. The Labute approximate surface area is 98.3 Å². The van der Waals surface area contributed by atoms with E-state index in [4.69, 9.17) is 16.3 Å². The summed E-state index contributed by atoms with van der Waals surface area (Å²) in [5.74, 6) is 1.03. The second-order valence-corrected chi connectivity index (χ2v) is 3.57. The summed E-state index contributed by atoms with van der Waals surface area (Å²) in [6, 6.07) is 3.64. The van der Waals surface area contributed by atoms with Crippen molar-refractivity contribution in [2.75, 3.05) is 7.11 Å². The van der Waals surface area contributed by atoms with Gasteiger partial charge in [-0.2, -0.15) is 4.98 Å². The second-order valence-electron chi connectivity index (χ2n) is 3.21. The summed E-state index contributed by atoms with van der Waals surface area (Å²) in [6.07, 6.45) is 3.36. The molecule has 0 saturated heterocycles. The number of halogens is 1. The molecule has 0 atom stereocenters. The standard InChI is InChI=1S/C11H10ClN3O/c1-7-9(12)14-10(15-11(7)16-2)8-3-5-13-6-4-8/h3-6H,1-2H3. The van der Waals surface area contributed by atoms with E-state index in [1.165, 1.54) is 0 Å². The molecule has 5 heteroatoms. The van der Waals surface area contributed by atoms with Gasteiger partial charge in [-0.15, -0.1) is 0 Å². The maximum atomic E-state index is 6.00. The summed E-state index contributed by atoms with van der Waals surface area (Å²) < 4.78 is 5.14. The molecule has 0 aliphatic carbocycles. The molecule has 0 aliphatic rings.